The van der Waals surface area contributed by atoms with Crippen molar-refractivity contribution < 1.29 is 9.32 Å². The number of carbonyl (C=O) groups is 1. The lowest BCUT2D eigenvalue weighted by molar-refractivity contribution is 0.0569. The summed E-state index contributed by atoms with van der Waals surface area (Å²) in [5.74, 6) is 1.31. The molecule has 0 aromatic carbocycles. The van der Waals surface area contributed by atoms with Crippen LogP contribution in [0.5, 0.6) is 0 Å². The van der Waals surface area contributed by atoms with Crippen molar-refractivity contribution >= 4 is 17.2 Å². The van der Waals surface area contributed by atoms with Crippen molar-refractivity contribution in [3.63, 3.8) is 0 Å². The summed E-state index contributed by atoms with van der Waals surface area (Å²) in [5, 5.41) is 5.98. The Labute approximate surface area is 130 Å². The zero-order valence-electron chi connectivity index (χ0n) is 11.5. The molecule has 1 aliphatic heterocycles. The van der Waals surface area contributed by atoms with Gasteiger partial charge in [0.1, 0.15) is 0 Å². The third-order valence-electron chi connectivity index (χ3n) is 3.61. The van der Waals surface area contributed by atoms with Crippen LogP contribution in [0.1, 0.15) is 22.2 Å². The number of thiophene rings is 1. The molecule has 6 nitrogen and oxygen atoms in total. The van der Waals surface area contributed by atoms with E-state index in [1.54, 1.807) is 40.8 Å². The summed E-state index contributed by atoms with van der Waals surface area (Å²) < 4.78 is 5.32. The Morgan fingerprint density at radius 3 is 2.95 bits per heavy atom. The predicted molar refractivity (Wildman–Crippen MR) is 80.5 cm³/mol. The van der Waals surface area contributed by atoms with Gasteiger partial charge < -0.3 is 9.42 Å². The van der Waals surface area contributed by atoms with Crippen molar-refractivity contribution in [2.75, 3.05) is 13.1 Å². The number of hydrogen-bond acceptors (Lipinski definition) is 6. The number of carbonyl (C=O) groups excluding carboxylic acids is 1. The smallest absolute Gasteiger partial charge is 0.255 e. The highest BCUT2D eigenvalue weighted by Crippen LogP contribution is 2.29. The summed E-state index contributed by atoms with van der Waals surface area (Å²) in [4.78, 5) is 23.4. The summed E-state index contributed by atoms with van der Waals surface area (Å²) in [7, 11) is 0. The van der Waals surface area contributed by atoms with Crippen molar-refractivity contribution in [1.82, 2.24) is 20.0 Å². The standard InChI is InChI=1S/C15H12N4O2S/c20-15(10-3-1-5-16-7-10)19-8-11(9-19)14-17-13(18-21-14)12-4-2-6-22-12/h1-7,11H,8-9H2. The number of amides is 1. The molecule has 3 aromatic rings. The molecule has 0 spiro atoms. The van der Waals surface area contributed by atoms with Crippen molar-refractivity contribution in [2.24, 2.45) is 0 Å². The van der Waals surface area contributed by atoms with Crippen LogP contribution in [0.25, 0.3) is 10.7 Å². The lowest BCUT2D eigenvalue weighted by Crippen LogP contribution is -2.48. The van der Waals surface area contributed by atoms with Crippen LogP contribution in [0.2, 0.25) is 0 Å². The Morgan fingerprint density at radius 1 is 1.32 bits per heavy atom. The van der Waals surface area contributed by atoms with Gasteiger partial charge in [-0.15, -0.1) is 11.3 Å². The van der Waals surface area contributed by atoms with E-state index < -0.39 is 0 Å². The van der Waals surface area contributed by atoms with Gasteiger partial charge in [-0.05, 0) is 23.6 Å². The number of hydrogen-bond donors (Lipinski definition) is 0. The first kappa shape index (κ1) is 13.1. The lowest BCUT2D eigenvalue weighted by Gasteiger charge is -2.37. The molecule has 0 N–H and O–H groups in total. The Morgan fingerprint density at radius 2 is 2.23 bits per heavy atom. The van der Waals surface area contributed by atoms with E-state index in [4.69, 9.17) is 4.52 Å². The fraction of sp³-hybridized carbons (Fsp3) is 0.200. The molecule has 110 valence electrons. The quantitative estimate of drug-likeness (QED) is 0.742. The highest BCUT2D eigenvalue weighted by Gasteiger charge is 2.36. The fourth-order valence-corrected chi connectivity index (χ4v) is 3.03. The van der Waals surface area contributed by atoms with Gasteiger partial charge in [-0.1, -0.05) is 11.2 Å². The molecule has 0 radical (unpaired) electrons. The number of likely N-dealkylation sites (tertiary alicyclic amines) is 1. The van der Waals surface area contributed by atoms with E-state index in [1.165, 1.54) is 0 Å². The Kier molecular flexibility index (Phi) is 3.19. The predicted octanol–water partition coefficient (Wildman–Crippen LogP) is 2.43. The second-order valence-corrected chi connectivity index (χ2v) is 6.03. The second-order valence-electron chi connectivity index (χ2n) is 5.08. The average Bonchev–Trinajstić information content (AvgIpc) is 3.17. The largest absolute Gasteiger partial charge is 0.339 e. The van der Waals surface area contributed by atoms with Crippen LogP contribution in [0, 0.1) is 0 Å². The van der Waals surface area contributed by atoms with Gasteiger partial charge in [0.2, 0.25) is 11.7 Å². The summed E-state index contributed by atoms with van der Waals surface area (Å²) in [6, 6.07) is 7.44. The first-order chi connectivity index (χ1) is 10.8. The number of rotatable bonds is 3. The maximum Gasteiger partial charge on any atom is 0.255 e. The zero-order valence-corrected chi connectivity index (χ0v) is 12.4. The van der Waals surface area contributed by atoms with Gasteiger partial charge in [0, 0.05) is 25.5 Å². The van der Waals surface area contributed by atoms with Crippen LogP contribution < -0.4 is 0 Å². The molecule has 1 fully saturated rings. The summed E-state index contributed by atoms with van der Waals surface area (Å²) in [5.41, 5.74) is 0.603. The summed E-state index contributed by atoms with van der Waals surface area (Å²) in [6.07, 6.45) is 3.23. The maximum atomic E-state index is 12.2. The van der Waals surface area contributed by atoms with Gasteiger partial charge >= 0.3 is 0 Å². The van der Waals surface area contributed by atoms with Gasteiger partial charge in [-0.3, -0.25) is 9.78 Å². The number of aromatic nitrogens is 3. The van der Waals surface area contributed by atoms with Crippen LogP contribution in [0.15, 0.2) is 46.6 Å². The first-order valence-electron chi connectivity index (χ1n) is 6.88. The van der Waals surface area contributed by atoms with E-state index in [-0.39, 0.29) is 11.8 Å². The Balaban J connectivity index is 1.42. The highest BCUT2D eigenvalue weighted by molar-refractivity contribution is 7.13. The molecule has 1 aliphatic rings. The van der Waals surface area contributed by atoms with Gasteiger partial charge in [-0.25, -0.2) is 0 Å². The molecule has 1 amide bonds. The van der Waals surface area contributed by atoms with Gasteiger partial charge in [-0.2, -0.15) is 4.98 Å². The third-order valence-corrected chi connectivity index (χ3v) is 4.48. The van der Waals surface area contributed by atoms with E-state index in [1.807, 2.05) is 17.5 Å². The Bertz CT molecular complexity index is 779. The molecule has 4 rings (SSSR count). The molecular formula is C15H12N4O2S. The molecule has 3 aromatic heterocycles. The first-order valence-corrected chi connectivity index (χ1v) is 7.76. The van der Waals surface area contributed by atoms with Gasteiger partial charge in [0.15, 0.2) is 0 Å². The van der Waals surface area contributed by atoms with Crippen LogP contribution in [-0.4, -0.2) is 39.0 Å². The fourth-order valence-electron chi connectivity index (χ4n) is 2.38. The molecule has 4 heterocycles. The lowest BCUT2D eigenvalue weighted by atomic mass is 9.99. The summed E-state index contributed by atoms with van der Waals surface area (Å²) in [6.45, 7) is 1.19. The van der Waals surface area contributed by atoms with Crippen LogP contribution >= 0.6 is 11.3 Å². The molecule has 0 bridgehead atoms. The van der Waals surface area contributed by atoms with Crippen molar-refractivity contribution in [2.45, 2.75) is 5.92 Å². The maximum absolute atomic E-state index is 12.2. The molecular weight excluding hydrogens is 300 g/mol. The minimum absolute atomic E-state index is 0.0117. The molecule has 0 saturated carbocycles. The van der Waals surface area contributed by atoms with Crippen LogP contribution in [0.4, 0.5) is 0 Å². The molecule has 1 saturated heterocycles. The monoisotopic (exact) mass is 312 g/mol. The van der Waals surface area contributed by atoms with Crippen molar-refractivity contribution in [3.05, 3.63) is 53.5 Å². The number of pyridine rings is 1. The van der Waals surface area contributed by atoms with Crippen molar-refractivity contribution in [3.8, 4) is 10.7 Å². The molecule has 22 heavy (non-hydrogen) atoms. The number of nitrogens with zero attached hydrogens (tertiary/aromatic N) is 4. The molecule has 0 unspecified atom stereocenters. The van der Waals surface area contributed by atoms with E-state index in [2.05, 4.69) is 15.1 Å². The molecule has 7 heteroatoms. The van der Waals surface area contributed by atoms with E-state index >= 15 is 0 Å². The minimum atomic E-state index is -0.0117. The van der Waals surface area contributed by atoms with Crippen molar-refractivity contribution in [1.29, 1.82) is 0 Å². The van der Waals surface area contributed by atoms with E-state index in [9.17, 15) is 4.79 Å². The topological polar surface area (TPSA) is 72.1 Å². The normalized spacial score (nSPS) is 14.8. The third kappa shape index (κ3) is 2.29. The SMILES string of the molecule is O=C(c1cccnc1)N1CC(c2nc(-c3cccs3)no2)C1. The van der Waals surface area contributed by atoms with Crippen LogP contribution in [-0.2, 0) is 0 Å². The van der Waals surface area contributed by atoms with Gasteiger partial charge in [0.05, 0.1) is 16.4 Å². The molecule has 0 aliphatic carbocycles. The van der Waals surface area contributed by atoms with E-state index in [0.29, 0.717) is 30.4 Å². The Hall–Kier alpha value is -2.54. The molecule has 0 atom stereocenters. The van der Waals surface area contributed by atoms with E-state index in [0.717, 1.165) is 4.88 Å². The van der Waals surface area contributed by atoms with Gasteiger partial charge in [0.25, 0.3) is 5.91 Å². The summed E-state index contributed by atoms with van der Waals surface area (Å²) >= 11 is 1.57. The highest BCUT2D eigenvalue weighted by atomic mass is 32.1. The zero-order chi connectivity index (χ0) is 14.9. The minimum Gasteiger partial charge on any atom is -0.339 e. The second kappa shape index (κ2) is 5.34. The van der Waals surface area contributed by atoms with Crippen LogP contribution in [0.3, 0.4) is 0 Å². The average molecular weight is 312 g/mol.